The van der Waals surface area contributed by atoms with Crippen molar-refractivity contribution in [3.63, 3.8) is 0 Å². The van der Waals surface area contributed by atoms with Crippen molar-refractivity contribution in [1.29, 1.82) is 0 Å². The lowest BCUT2D eigenvalue weighted by atomic mass is 10.1. The maximum atomic E-state index is 13.2. The first-order valence-electron chi connectivity index (χ1n) is 6.27. The van der Waals surface area contributed by atoms with Crippen LogP contribution in [-0.4, -0.2) is 12.5 Å². The molecule has 0 bridgehead atoms. The van der Waals surface area contributed by atoms with Gasteiger partial charge in [0.25, 0.3) is 5.91 Å². The van der Waals surface area contributed by atoms with Crippen molar-refractivity contribution < 1.29 is 9.18 Å². The zero-order valence-corrected chi connectivity index (χ0v) is 12.1. The van der Waals surface area contributed by atoms with Crippen molar-refractivity contribution in [3.8, 4) is 0 Å². The maximum absolute atomic E-state index is 13.2. The predicted molar refractivity (Wildman–Crippen MR) is 80.7 cm³/mol. The Morgan fingerprint density at radius 3 is 2.95 bits per heavy atom. The molecule has 2 N–H and O–H groups in total. The van der Waals surface area contributed by atoms with Crippen molar-refractivity contribution in [1.82, 2.24) is 0 Å². The van der Waals surface area contributed by atoms with Crippen LogP contribution in [0, 0.1) is 5.82 Å². The molecule has 102 valence electrons. The van der Waals surface area contributed by atoms with Gasteiger partial charge in [-0.25, -0.2) is 4.39 Å². The fourth-order valence-corrected chi connectivity index (χ4v) is 2.68. The molecule has 0 atom stereocenters. The van der Waals surface area contributed by atoms with Crippen molar-refractivity contribution in [3.05, 3.63) is 57.8 Å². The van der Waals surface area contributed by atoms with E-state index in [9.17, 15) is 9.18 Å². The van der Waals surface area contributed by atoms with Gasteiger partial charge in [-0.05, 0) is 64.3 Å². The number of hydrogen-bond acceptors (Lipinski definition) is 2. The first-order valence-corrected chi connectivity index (χ1v) is 7.06. The van der Waals surface area contributed by atoms with Crippen LogP contribution in [-0.2, 0) is 6.42 Å². The Morgan fingerprint density at radius 1 is 1.25 bits per heavy atom. The fourth-order valence-electron chi connectivity index (χ4n) is 2.25. The summed E-state index contributed by atoms with van der Waals surface area (Å²) in [6, 6.07) is 9.77. The summed E-state index contributed by atoms with van der Waals surface area (Å²) in [4.78, 5) is 12.2. The summed E-state index contributed by atoms with van der Waals surface area (Å²) in [6.45, 7) is 0.919. The summed E-state index contributed by atoms with van der Waals surface area (Å²) >= 11 is 3.26. The third kappa shape index (κ3) is 2.54. The molecule has 1 amide bonds. The molecule has 0 spiro atoms. The SMILES string of the molecule is O=C(Nc1ccc2c(c1)CCN2)c1cc(F)ccc1Br. The van der Waals surface area contributed by atoms with E-state index in [0.717, 1.165) is 18.7 Å². The summed E-state index contributed by atoms with van der Waals surface area (Å²) in [5.41, 5.74) is 3.29. The minimum absolute atomic E-state index is 0.281. The van der Waals surface area contributed by atoms with Crippen LogP contribution >= 0.6 is 15.9 Å². The molecule has 3 nitrogen and oxygen atoms in total. The van der Waals surface area contributed by atoms with E-state index in [0.29, 0.717) is 10.2 Å². The molecule has 2 aromatic rings. The van der Waals surface area contributed by atoms with Gasteiger partial charge in [-0.3, -0.25) is 4.79 Å². The van der Waals surface area contributed by atoms with E-state index >= 15 is 0 Å². The summed E-state index contributed by atoms with van der Waals surface area (Å²) < 4.78 is 13.8. The zero-order valence-electron chi connectivity index (χ0n) is 10.5. The normalized spacial score (nSPS) is 12.7. The van der Waals surface area contributed by atoms with E-state index in [-0.39, 0.29) is 11.5 Å². The topological polar surface area (TPSA) is 41.1 Å². The first kappa shape index (κ1) is 13.1. The van der Waals surface area contributed by atoms with Gasteiger partial charge in [0.2, 0.25) is 0 Å². The minimum Gasteiger partial charge on any atom is -0.384 e. The third-order valence-corrected chi connectivity index (χ3v) is 3.94. The van der Waals surface area contributed by atoms with E-state index in [1.807, 2.05) is 18.2 Å². The zero-order chi connectivity index (χ0) is 14.1. The highest BCUT2D eigenvalue weighted by atomic mass is 79.9. The molecular weight excluding hydrogens is 323 g/mol. The number of anilines is 2. The van der Waals surface area contributed by atoms with Crippen LogP contribution in [0.4, 0.5) is 15.8 Å². The first-order chi connectivity index (χ1) is 9.63. The van der Waals surface area contributed by atoms with E-state index in [1.54, 1.807) is 0 Å². The Labute approximate surface area is 124 Å². The van der Waals surface area contributed by atoms with Gasteiger partial charge in [0.15, 0.2) is 0 Å². The quantitative estimate of drug-likeness (QED) is 0.876. The van der Waals surface area contributed by atoms with Crippen molar-refractivity contribution in [2.24, 2.45) is 0 Å². The lowest BCUT2D eigenvalue weighted by Crippen LogP contribution is -2.13. The number of carbonyl (C=O) groups is 1. The average Bonchev–Trinajstić information content (AvgIpc) is 2.89. The molecule has 0 fully saturated rings. The smallest absolute Gasteiger partial charge is 0.256 e. The van der Waals surface area contributed by atoms with Crippen LogP contribution in [0.1, 0.15) is 15.9 Å². The Bertz CT molecular complexity index is 688. The number of halogens is 2. The van der Waals surface area contributed by atoms with Crippen LogP contribution in [0.25, 0.3) is 0 Å². The molecule has 0 aliphatic carbocycles. The monoisotopic (exact) mass is 334 g/mol. The van der Waals surface area contributed by atoms with Crippen molar-refractivity contribution in [2.75, 3.05) is 17.2 Å². The maximum Gasteiger partial charge on any atom is 0.256 e. The number of fused-ring (bicyclic) bond motifs is 1. The Hall–Kier alpha value is -1.88. The number of amides is 1. The standard InChI is InChI=1S/C15H12BrFN2O/c16-13-3-1-10(17)8-12(13)15(20)19-11-2-4-14-9(7-11)5-6-18-14/h1-4,7-8,18H,5-6H2,(H,19,20). The fraction of sp³-hybridized carbons (Fsp3) is 0.133. The highest BCUT2D eigenvalue weighted by Gasteiger charge is 2.14. The lowest BCUT2D eigenvalue weighted by molar-refractivity contribution is 0.102. The van der Waals surface area contributed by atoms with Crippen LogP contribution in [0.3, 0.4) is 0 Å². The molecule has 20 heavy (non-hydrogen) atoms. The number of benzene rings is 2. The van der Waals surface area contributed by atoms with Crippen LogP contribution in [0.15, 0.2) is 40.9 Å². The van der Waals surface area contributed by atoms with Crippen LogP contribution < -0.4 is 10.6 Å². The van der Waals surface area contributed by atoms with Crippen molar-refractivity contribution >= 4 is 33.2 Å². The minimum atomic E-state index is -0.434. The van der Waals surface area contributed by atoms with Gasteiger partial charge in [-0.2, -0.15) is 0 Å². The molecule has 1 aliphatic rings. The molecule has 2 aromatic carbocycles. The van der Waals surface area contributed by atoms with Gasteiger partial charge in [-0.15, -0.1) is 0 Å². The highest BCUT2D eigenvalue weighted by Crippen LogP contribution is 2.26. The Kier molecular flexibility index (Phi) is 3.44. The van der Waals surface area contributed by atoms with Crippen LogP contribution in [0.5, 0.6) is 0 Å². The molecule has 0 unspecified atom stereocenters. The second kappa shape index (κ2) is 5.25. The predicted octanol–water partition coefficient (Wildman–Crippen LogP) is 3.81. The molecule has 1 aliphatic heterocycles. The molecule has 3 rings (SSSR count). The van der Waals surface area contributed by atoms with Gasteiger partial charge in [-0.1, -0.05) is 0 Å². The summed E-state index contributed by atoms with van der Waals surface area (Å²) in [5, 5.41) is 6.05. The Morgan fingerprint density at radius 2 is 2.10 bits per heavy atom. The highest BCUT2D eigenvalue weighted by molar-refractivity contribution is 9.10. The number of rotatable bonds is 2. The van der Waals surface area contributed by atoms with Crippen molar-refractivity contribution in [2.45, 2.75) is 6.42 Å². The number of carbonyl (C=O) groups excluding carboxylic acids is 1. The summed E-state index contributed by atoms with van der Waals surface area (Å²) in [7, 11) is 0. The second-order valence-electron chi connectivity index (χ2n) is 4.63. The molecule has 0 radical (unpaired) electrons. The van der Waals surface area contributed by atoms with Gasteiger partial charge >= 0.3 is 0 Å². The lowest BCUT2D eigenvalue weighted by Gasteiger charge is -2.08. The van der Waals surface area contributed by atoms with E-state index < -0.39 is 5.82 Å². The summed E-state index contributed by atoms with van der Waals surface area (Å²) in [5.74, 6) is -0.765. The molecule has 0 saturated heterocycles. The molecule has 0 aromatic heterocycles. The number of hydrogen-bond donors (Lipinski definition) is 2. The largest absolute Gasteiger partial charge is 0.384 e. The molecule has 5 heteroatoms. The van der Waals surface area contributed by atoms with Crippen LogP contribution in [0.2, 0.25) is 0 Å². The summed E-state index contributed by atoms with van der Waals surface area (Å²) in [6.07, 6.45) is 0.947. The van der Waals surface area contributed by atoms with Gasteiger partial charge in [0.05, 0.1) is 5.56 Å². The van der Waals surface area contributed by atoms with E-state index in [2.05, 4.69) is 26.6 Å². The third-order valence-electron chi connectivity index (χ3n) is 3.25. The van der Waals surface area contributed by atoms with E-state index in [4.69, 9.17) is 0 Å². The molecular formula is C15H12BrFN2O. The average molecular weight is 335 g/mol. The van der Waals surface area contributed by atoms with Gasteiger partial charge < -0.3 is 10.6 Å². The Balaban J connectivity index is 1.84. The van der Waals surface area contributed by atoms with E-state index in [1.165, 1.54) is 23.8 Å². The second-order valence-corrected chi connectivity index (χ2v) is 5.48. The molecule has 1 heterocycles. The van der Waals surface area contributed by atoms with Gasteiger partial charge in [0.1, 0.15) is 5.82 Å². The number of nitrogens with one attached hydrogen (secondary N) is 2. The molecule has 0 saturated carbocycles. The van der Waals surface area contributed by atoms with Gasteiger partial charge in [0, 0.05) is 22.4 Å².